The van der Waals surface area contributed by atoms with Crippen LogP contribution in [0.25, 0.3) is 0 Å². The van der Waals surface area contributed by atoms with Crippen LogP contribution in [0.5, 0.6) is 0 Å². The molecule has 2 heterocycles. The minimum atomic E-state index is -0.384. The van der Waals surface area contributed by atoms with Gasteiger partial charge in [0, 0.05) is 18.8 Å². The van der Waals surface area contributed by atoms with Crippen LogP contribution < -0.4 is 4.90 Å². The first kappa shape index (κ1) is 16.5. The SMILES string of the molecule is CCn1nc(C)c(C(=O)N2CCc3cc(C(=O)OC)ccc32)c1Cl. The fraction of sp³-hybridized carbons (Fsp3) is 0.353. The van der Waals surface area contributed by atoms with Crippen molar-refractivity contribution in [2.45, 2.75) is 26.8 Å². The van der Waals surface area contributed by atoms with Gasteiger partial charge in [-0.25, -0.2) is 4.79 Å². The van der Waals surface area contributed by atoms with Crippen molar-refractivity contribution in [3.05, 3.63) is 45.7 Å². The highest BCUT2D eigenvalue weighted by atomic mass is 35.5. The lowest BCUT2D eigenvalue weighted by Crippen LogP contribution is -2.29. The fourth-order valence-corrected chi connectivity index (χ4v) is 3.37. The number of hydrogen-bond donors (Lipinski definition) is 0. The van der Waals surface area contributed by atoms with Crippen LogP contribution in [0.1, 0.15) is 38.9 Å². The number of amides is 1. The maximum Gasteiger partial charge on any atom is 0.337 e. The molecule has 0 saturated carbocycles. The lowest BCUT2D eigenvalue weighted by Gasteiger charge is -2.17. The van der Waals surface area contributed by atoms with Gasteiger partial charge in [-0.1, -0.05) is 11.6 Å². The van der Waals surface area contributed by atoms with E-state index in [9.17, 15) is 9.59 Å². The highest BCUT2D eigenvalue weighted by Gasteiger charge is 2.30. The number of aromatic nitrogens is 2. The number of fused-ring (bicyclic) bond motifs is 1. The predicted octanol–water partition coefficient (Wildman–Crippen LogP) is 2.85. The van der Waals surface area contributed by atoms with Crippen molar-refractivity contribution >= 4 is 29.2 Å². The van der Waals surface area contributed by atoms with E-state index in [2.05, 4.69) is 5.10 Å². The highest BCUT2D eigenvalue weighted by Crippen LogP contribution is 2.32. The van der Waals surface area contributed by atoms with E-state index in [1.807, 2.05) is 6.92 Å². The molecule has 0 bridgehead atoms. The first-order valence-electron chi connectivity index (χ1n) is 7.74. The number of methoxy groups -OCH3 is 1. The Kier molecular flexibility index (Phi) is 4.32. The molecule has 24 heavy (non-hydrogen) atoms. The Hall–Kier alpha value is -2.34. The average molecular weight is 348 g/mol. The first-order chi connectivity index (χ1) is 11.5. The molecule has 3 rings (SSSR count). The monoisotopic (exact) mass is 347 g/mol. The van der Waals surface area contributed by atoms with Crippen LogP contribution in [-0.4, -0.2) is 35.3 Å². The normalized spacial score (nSPS) is 13.1. The number of esters is 1. The van der Waals surface area contributed by atoms with E-state index in [0.29, 0.717) is 41.5 Å². The zero-order chi connectivity index (χ0) is 17.4. The van der Waals surface area contributed by atoms with Gasteiger partial charge in [-0.05, 0) is 44.0 Å². The van der Waals surface area contributed by atoms with Crippen molar-refractivity contribution in [1.29, 1.82) is 0 Å². The minimum Gasteiger partial charge on any atom is -0.465 e. The van der Waals surface area contributed by atoms with Crippen LogP contribution in [0.4, 0.5) is 5.69 Å². The molecule has 126 valence electrons. The molecule has 2 aromatic rings. The minimum absolute atomic E-state index is 0.165. The van der Waals surface area contributed by atoms with Gasteiger partial charge < -0.3 is 9.64 Å². The number of rotatable bonds is 3. The molecular weight excluding hydrogens is 330 g/mol. The second kappa shape index (κ2) is 6.28. The molecular formula is C17H18ClN3O3. The largest absolute Gasteiger partial charge is 0.465 e. The fourth-order valence-electron chi connectivity index (χ4n) is 3.00. The molecule has 1 aliphatic rings. The van der Waals surface area contributed by atoms with E-state index >= 15 is 0 Å². The second-order valence-corrected chi connectivity index (χ2v) is 5.97. The third-order valence-corrected chi connectivity index (χ3v) is 4.60. The van der Waals surface area contributed by atoms with Gasteiger partial charge in [-0.3, -0.25) is 9.48 Å². The smallest absolute Gasteiger partial charge is 0.337 e. The number of ether oxygens (including phenoxy) is 1. The predicted molar refractivity (Wildman–Crippen MR) is 90.8 cm³/mol. The molecule has 0 saturated heterocycles. The van der Waals surface area contributed by atoms with E-state index in [-0.39, 0.29) is 11.9 Å². The van der Waals surface area contributed by atoms with E-state index < -0.39 is 0 Å². The molecule has 0 radical (unpaired) electrons. The molecule has 1 amide bonds. The Morgan fingerprint density at radius 1 is 1.38 bits per heavy atom. The van der Waals surface area contributed by atoms with Crippen LogP contribution in [0.3, 0.4) is 0 Å². The number of halogens is 1. The summed E-state index contributed by atoms with van der Waals surface area (Å²) in [6.45, 7) is 4.85. The Morgan fingerprint density at radius 2 is 2.12 bits per heavy atom. The molecule has 0 aliphatic carbocycles. The Morgan fingerprint density at radius 3 is 2.75 bits per heavy atom. The van der Waals surface area contributed by atoms with Crippen molar-refractivity contribution in [1.82, 2.24) is 9.78 Å². The van der Waals surface area contributed by atoms with E-state index in [0.717, 1.165) is 11.3 Å². The number of anilines is 1. The first-order valence-corrected chi connectivity index (χ1v) is 8.11. The van der Waals surface area contributed by atoms with Crippen molar-refractivity contribution in [3.63, 3.8) is 0 Å². The summed E-state index contributed by atoms with van der Waals surface area (Å²) in [4.78, 5) is 26.3. The maximum atomic E-state index is 13.0. The number of hydrogen-bond acceptors (Lipinski definition) is 4. The zero-order valence-corrected chi connectivity index (χ0v) is 14.6. The Balaban J connectivity index is 1.96. The summed E-state index contributed by atoms with van der Waals surface area (Å²) in [7, 11) is 1.35. The molecule has 1 aromatic carbocycles. The summed E-state index contributed by atoms with van der Waals surface area (Å²) in [6.07, 6.45) is 0.685. The van der Waals surface area contributed by atoms with Crippen molar-refractivity contribution in [2.24, 2.45) is 0 Å². The standard InChI is InChI=1S/C17H18ClN3O3/c1-4-21-15(18)14(10(2)19-21)16(22)20-8-7-11-9-12(17(23)24-3)5-6-13(11)20/h5-6,9H,4,7-8H2,1-3H3. The van der Waals surface area contributed by atoms with Gasteiger partial charge >= 0.3 is 5.97 Å². The summed E-state index contributed by atoms with van der Waals surface area (Å²) < 4.78 is 6.35. The molecule has 7 heteroatoms. The number of benzene rings is 1. The molecule has 0 fully saturated rings. The lowest BCUT2D eigenvalue weighted by molar-refractivity contribution is 0.0600. The van der Waals surface area contributed by atoms with Crippen molar-refractivity contribution in [3.8, 4) is 0 Å². The van der Waals surface area contributed by atoms with Gasteiger partial charge in [-0.15, -0.1) is 0 Å². The molecule has 1 aromatic heterocycles. The van der Waals surface area contributed by atoms with Crippen molar-refractivity contribution < 1.29 is 14.3 Å². The number of nitrogens with zero attached hydrogens (tertiary/aromatic N) is 3. The maximum absolute atomic E-state index is 13.0. The van der Waals surface area contributed by atoms with E-state index in [1.54, 1.807) is 34.7 Å². The molecule has 0 N–H and O–H groups in total. The van der Waals surface area contributed by atoms with E-state index in [1.165, 1.54) is 7.11 Å². The summed E-state index contributed by atoms with van der Waals surface area (Å²) in [5.74, 6) is -0.549. The van der Waals surface area contributed by atoms with Crippen LogP contribution >= 0.6 is 11.6 Å². The van der Waals surface area contributed by atoms with Crippen LogP contribution in [0.15, 0.2) is 18.2 Å². The summed E-state index contributed by atoms with van der Waals surface area (Å²) in [6, 6.07) is 5.22. The Bertz CT molecular complexity index is 829. The molecule has 0 unspecified atom stereocenters. The van der Waals surface area contributed by atoms with Gasteiger partial charge in [0.25, 0.3) is 5.91 Å². The third-order valence-electron chi connectivity index (χ3n) is 4.22. The van der Waals surface area contributed by atoms with Gasteiger partial charge in [0.2, 0.25) is 0 Å². The Labute approximate surface area is 145 Å². The lowest BCUT2D eigenvalue weighted by atomic mass is 10.1. The van der Waals surface area contributed by atoms with Gasteiger partial charge in [0.05, 0.1) is 23.9 Å². The highest BCUT2D eigenvalue weighted by molar-refractivity contribution is 6.34. The molecule has 0 spiro atoms. The van der Waals surface area contributed by atoms with Crippen LogP contribution in [0.2, 0.25) is 5.15 Å². The molecule has 6 nitrogen and oxygen atoms in total. The number of carbonyl (C=O) groups excluding carboxylic acids is 2. The average Bonchev–Trinajstić information content (AvgIpc) is 3.13. The summed E-state index contributed by atoms with van der Waals surface area (Å²) in [5, 5.41) is 4.66. The van der Waals surface area contributed by atoms with Crippen LogP contribution in [-0.2, 0) is 17.7 Å². The summed E-state index contributed by atoms with van der Waals surface area (Å²) >= 11 is 6.31. The molecule has 0 atom stereocenters. The topological polar surface area (TPSA) is 64.4 Å². The number of aryl methyl sites for hydroxylation is 2. The quantitative estimate of drug-likeness (QED) is 0.801. The third kappa shape index (κ3) is 2.57. The second-order valence-electron chi connectivity index (χ2n) is 5.61. The molecule has 1 aliphatic heterocycles. The zero-order valence-electron chi connectivity index (χ0n) is 13.8. The van der Waals surface area contributed by atoms with Gasteiger partial charge in [0.1, 0.15) is 5.15 Å². The van der Waals surface area contributed by atoms with Crippen LogP contribution in [0, 0.1) is 6.92 Å². The number of carbonyl (C=O) groups is 2. The van der Waals surface area contributed by atoms with E-state index in [4.69, 9.17) is 16.3 Å². The van der Waals surface area contributed by atoms with Crippen molar-refractivity contribution in [2.75, 3.05) is 18.6 Å². The summed E-state index contributed by atoms with van der Waals surface area (Å²) in [5.41, 5.74) is 3.28. The van der Waals surface area contributed by atoms with Gasteiger partial charge in [0.15, 0.2) is 0 Å². The van der Waals surface area contributed by atoms with Gasteiger partial charge in [-0.2, -0.15) is 5.10 Å².